The lowest BCUT2D eigenvalue weighted by molar-refractivity contribution is 0.0546. The fraction of sp³-hybridized carbons (Fsp3) is 0.559. The fourth-order valence-corrected chi connectivity index (χ4v) is 5.07. The Morgan fingerprint density at radius 1 is 1.05 bits per heavy atom. The number of carbonyl (C=O) groups excluding carboxylic acids is 1. The molecule has 2 aromatic rings. The van der Waals surface area contributed by atoms with Crippen LogP contribution in [0, 0.1) is 17.8 Å². The normalized spacial score (nSPS) is 15.2. The van der Waals surface area contributed by atoms with E-state index in [1.54, 1.807) is 6.92 Å². The molecular formula is C34H48N2O2. The number of hydrogen-bond acceptors (Lipinski definition) is 3. The van der Waals surface area contributed by atoms with Crippen LogP contribution < -0.4 is 0 Å². The van der Waals surface area contributed by atoms with Crippen molar-refractivity contribution in [3.63, 3.8) is 0 Å². The van der Waals surface area contributed by atoms with Crippen molar-refractivity contribution in [2.45, 2.75) is 97.8 Å². The van der Waals surface area contributed by atoms with Gasteiger partial charge in [0.25, 0.3) is 5.91 Å². The van der Waals surface area contributed by atoms with E-state index < -0.39 is 6.10 Å². The molecule has 2 aromatic carbocycles. The summed E-state index contributed by atoms with van der Waals surface area (Å²) in [7, 11) is 0. The first-order chi connectivity index (χ1) is 18.4. The molecule has 0 aromatic heterocycles. The summed E-state index contributed by atoms with van der Waals surface area (Å²) in [6.45, 7) is 12.4. The Morgan fingerprint density at radius 2 is 1.79 bits per heavy atom. The number of piperidine rings is 1. The van der Waals surface area contributed by atoms with Crippen LogP contribution in [0.1, 0.15) is 99.7 Å². The summed E-state index contributed by atoms with van der Waals surface area (Å²) in [6.07, 6.45) is 8.00. The highest BCUT2D eigenvalue weighted by atomic mass is 16.3. The number of aryl methyl sites for hydroxylation is 1. The van der Waals surface area contributed by atoms with Gasteiger partial charge in [0.1, 0.15) is 0 Å². The Hall–Kier alpha value is -2.61. The van der Waals surface area contributed by atoms with E-state index in [9.17, 15) is 9.90 Å². The fourth-order valence-electron chi connectivity index (χ4n) is 5.07. The monoisotopic (exact) mass is 516 g/mol. The maximum Gasteiger partial charge on any atom is 0.254 e. The zero-order chi connectivity index (χ0) is 27.3. The molecule has 1 atom stereocenters. The Morgan fingerprint density at radius 3 is 2.45 bits per heavy atom. The van der Waals surface area contributed by atoms with Gasteiger partial charge >= 0.3 is 0 Å². The molecule has 1 unspecified atom stereocenters. The molecule has 1 N–H and O–H groups in total. The second-order valence-electron chi connectivity index (χ2n) is 11.4. The number of unbranched alkanes of at least 4 members (excludes halogenated alkanes) is 2. The average Bonchev–Trinajstić information content (AvgIpc) is 2.91. The average molecular weight is 517 g/mol. The number of aliphatic hydroxyl groups excluding tert-OH is 1. The number of likely N-dealkylation sites (tertiary alicyclic amines) is 1. The van der Waals surface area contributed by atoms with Gasteiger partial charge in [0.05, 0.1) is 6.10 Å². The molecule has 1 aliphatic heterocycles. The molecule has 1 heterocycles. The number of amides is 1. The number of carbonyl (C=O) groups is 1. The van der Waals surface area contributed by atoms with Crippen molar-refractivity contribution in [1.29, 1.82) is 0 Å². The van der Waals surface area contributed by atoms with E-state index >= 15 is 0 Å². The van der Waals surface area contributed by atoms with Gasteiger partial charge in [-0.3, -0.25) is 4.79 Å². The van der Waals surface area contributed by atoms with Gasteiger partial charge in [-0.05, 0) is 86.9 Å². The van der Waals surface area contributed by atoms with E-state index in [0.717, 1.165) is 55.6 Å². The summed E-state index contributed by atoms with van der Waals surface area (Å²) < 4.78 is 0. The molecule has 1 fully saturated rings. The summed E-state index contributed by atoms with van der Waals surface area (Å²) >= 11 is 0. The maximum atomic E-state index is 13.9. The standard InChI is InChI=1S/C34H48N2O2/c1-5-6-7-11-29-15-17-32(18-16-29)34(38)36(33-20-23-35(24-21-33)22-19-27(2)3)26-31-14-9-13-30(25-31)12-8-10-28(4)37/h9,13-18,25,27-28,33,37H,5-7,10-11,19-24,26H2,1-4H3. The number of aliphatic hydroxyl groups is 1. The summed E-state index contributed by atoms with van der Waals surface area (Å²) in [6, 6.07) is 16.7. The Bertz CT molecular complexity index is 1040. The van der Waals surface area contributed by atoms with Crippen LogP contribution in [0.3, 0.4) is 0 Å². The van der Waals surface area contributed by atoms with Crippen molar-refractivity contribution in [2.24, 2.45) is 5.92 Å². The molecule has 1 aliphatic rings. The molecule has 1 saturated heterocycles. The number of nitrogens with zero attached hydrogens (tertiary/aromatic N) is 2. The van der Waals surface area contributed by atoms with Crippen molar-refractivity contribution >= 4 is 5.91 Å². The Kier molecular flexibility index (Phi) is 12.4. The lowest BCUT2D eigenvalue weighted by Gasteiger charge is -2.39. The molecule has 0 spiro atoms. The first-order valence-electron chi connectivity index (χ1n) is 14.7. The van der Waals surface area contributed by atoms with Crippen molar-refractivity contribution < 1.29 is 9.90 Å². The maximum absolute atomic E-state index is 13.9. The number of rotatable bonds is 12. The topological polar surface area (TPSA) is 43.8 Å². The van der Waals surface area contributed by atoms with Crippen LogP contribution in [0.15, 0.2) is 48.5 Å². The Balaban J connectivity index is 1.76. The largest absolute Gasteiger partial charge is 0.392 e. The van der Waals surface area contributed by atoms with Gasteiger partial charge in [-0.2, -0.15) is 0 Å². The van der Waals surface area contributed by atoms with E-state index in [1.807, 2.05) is 24.3 Å². The minimum Gasteiger partial charge on any atom is -0.392 e. The summed E-state index contributed by atoms with van der Waals surface area (Å²) in [5, 5.41) is 9.52. The van der Waals surface area contributed by atoms with Crippen LogP contribution in [-0.4, -0.2) is 52.6 Å². The third-order valence-corrected chi connectivity index (χ3v) is 7.46. The van der Waals surface area contributed by atoms with Gasteiger partial charge in [-0.15, -0.1) is 0 Å². The Labute approximate surface area is 231 Å². The van der Waals surface area contributed by atoms with E-state index in [4.69, 9.17) is 0 Å². The molecule has 3 rings (SSSR count). The van der Waals surface area contributed by atoms with Gasteiger partial charge in [0, 0.05) is 43.2 Å². The molecule has 206 valence electrons. The van der Waals surface area contributed by atoms with Gasteiger partial charge in [-0.1, -0.05) is 69.7 Å². The minimum atomic E-state index is -0.428. The van der Waals surface area contributed by atoms with Crippen LogP contribution >= 0.6 is 0 Å². The molecule has 1 amide bonds. The second kappa shape index (κ2) is 15.7. The molecular weight excluding hydrogens is 468 g/mol. The molecule has 0 aliphatic carbocycles. The highest BCUT2D eigenvalue weighted by Gasteiger charge is 2.29. The first kappa shape index (κ1) is 29.9. The van der Waals surface area contributed by atoms with Crippen molar-refractivity contribution in [3.05, 3.63) is 70.8 Å². The molecule has 38 heavy (non-hydrogen) atoms. The van der Waals surface area contributed by atoms with Gasteiger partial charge in [0.15, 0.2) is 0 Å². The molecule has 4 nitrogen and oxygen atoms in total. The SMILES string of the molecule is CCCCCc1ccc(C(=O)N(Cc2cccc(C#CCC(C)O)c2)C2CCN(CCC(C)C)CC2)cc1. The molecule has 0 radical (unpaired) electrons. The van der Waals surface area contributed by atoms with E-state index in [-0.39, 0.29) is 11.9 Å². The summed E-state index contributed by atoms with van der Waals surface area (Å²) in [5.41, 5.74) is 4.11. The minimum absolute atomic E-state index is 0.122. The zero-order valence-electron chi connectivity index (χ0n) is 24.1. The summed E-state index contributed by atoms with van der Waals surface area (Å²) in [4.78, 5) is 18.6. The van der Waals surface area contributed by atoms with Gasteiger partial charge in [0.2, 0.25) is 0 Å². The highest BCUT2D eigenvalue weighted by Crippen LogP contribution is 2.23. The second-order valence-corrected chi connectivity index (χ2v) is 11.4. The smallest absolute Gasteiger partial charge is 0.254 e. The lowest BCUT2D eigenvalue weighted by Crippen LogP contribution is -2.47. The van der Waals surface area contributed by atoms with E-state index in [0.29, 0.717) is 18.9 Å². The van der Waals surface area contributed by atoms with Crippen LogP contribution in [0.5, 0.6) is 0 Å². The van der Waals surface area contributed by atoms with E-state index in [2.05, 4.69) is 66.7 Å². The molecule has 4 heteroatoms. The highest BCUT2D eigenvalue weighted by molar-refractivity contribution is 5.94. The lowest BCUT2D eigenvalue weighted by atomic mass is 9.99. The number of hydrogen-bond donors (Lipinski definition) is 1. The van der Waals surface area contributed by atoms with Crippen molar-refractivity contribution in [1.82, 2.24) is 9.80 Å². The molecule has 0 bridgehead atoms. The third kappa shape index (κ3) is 9.93. The van der Waals surface area contributed by atoms with Crippen LogP contribution in [0.4, 0.5) is 0 Å². The number of benzene rings is 2. The first-order valence-corrected chi connectivity index (χ1v) is 14.7. The summed E-state index contributed by atoms with van der Waals surface area (Å²) in [5.74, 6) is 7.06. The van der Waals surface area contributed by atoms with Crippen molar-refractivity contribution in [3.8, 4) is 11.8 Å². The van der Waals surface area contributed by atoms with E-state index in [1.165, 1.54) is 31.2 Å². The molecule has 0 saturated carbocycles. The third-order valence-electron chi connectivity index (χ3n) is 7.46. The van der Waals surface area contributed by atoms with Gasteiger partial charge < -0.3 is 14.9 Å². The predicted molar refractivity (Wildman–Crippen MR) is 158 cm³/mol. The van der Waals surface area contributed by atoms with Crippen LogP contribution in [0.2, 0.25) is 0 Å². The van der Waals surface area contributed by atoms with Gasteiger partial charge in [-0.25, -0.2) is 0 Å². The van der Waals surface area contributed by atoms with Crippen LogP contribution in [0.25, 0.3) is 0 Å². The quantitative estimate of drug-likeness (QED) is 0.252. The zero-order valence-corrected chi connectivity index (χ0v) is 24.1. The predicted octanol–water partition coefficient (Wildman–Crippen LogP) is 6.69. The van der Waals surface area contributed by atoms with Crippen molar-refractivity contribution in [2.75, 3.05) is 19.6 Å². The van der Waals surface area contributed by atoms with Crippen LogP contribution in [-0.2, 0) is 13.0 Å².